The molecule has 0 aliphatic carbocycles. The molecule has 8 nitrogen and oxygen atoms in total. The second kappa shape index (κ2) is 14.3. The average molecular weight is 551 g/mol. The second-order valence-corrected chi connectivity index (χ2v) is 10.3. The minimum Gasteiger partial charge on any atom is -0.507 e. The summed E-state index contributed by atoms with van der Waals surface area (Å²) in [5.74, 6) is 0.0291. The zero-order chi connectivity index (χ0) is 28.5. The minimum absolute atomic E-state index is 0.108. The van der Waals surface area contributed by atoms with Gasteiger partial charge in [-0.2, -0.15) is 0 Å². The molecule has 4 rings (SSSR count). The molecule has 0 bridgehead atoms. The summed E-state index contributed by atoms with van der Waals surface area (Å²) in [6.45, 7) is 11.5. The monoisotopic (exact) mass is 550 g/mol. The number of amides is 1. The molecule has 8 heteroatoms. The molecule has 0 radical (unpaired) electrons. The van der Waals surface area contributed by atoms with E-state index in [-0.39, 0.29) is 11.3 Å². The Bertz CT molecular complexity index is 1190. The summed E-state index contributed by atoms with van der Waals surface area (Å²) >= 11 is 0. The first-order valence-electron chi connectivity index (χ1n) is 14.5. The number of hydrogen-bond acceptors (Lipinski definition) is 7. The number of Topliss-reactive ketones (excluding diaryl/α,β-unsaturated/α-hetero) is 1. The highest BCUT2D eigenvalue weighted by atomic mass is 16.5. The molecule has 1 unspecified atom stereocenters. The molecule has 2 heterocycles. The maximum Gasteiger partial charge on any atom is 0.295 e. The van der Waals surface area contributed by atoms with Gasteiger partial charge in [-0.1, -0.05) is 31.9 Å². The van der Waals surface area contributed by atoms with Crippen LogP contribution in [0.2, 0.25) is 0 Å². The van der Waals surface area contributed by atoms with E-state index in [0.717, 1.165) is 55.8 Å². The number of hydrogen-bond donors (Lipinski definition) is 1. The first-order valence-corrected chi connectivity index (χ1v) is 14.5. The van der Waals surface area contributed by atoms with Crippen molar-refractivity contribution >= 4 is 17.4 Å². The maximum absolute atomic E-state index is 13.4. The Labute approximate surface area is 237 Å². The number of likely N-dealkylation sites (tertiary alicyclic amines) is 1. The van der Waals surface area contributed by atoms with Crippen molar-refractivity contribution in [3.8, 4) is 11.5 Å². The molecular weight excluding hydrogens is 508 g/mol. The van der Waals surface area contributed by atoms with Crippen molar-refractivity contribution in [2.75, 3.05) is 52.6 Å². The summed E-state index contributed by atoms with van der Waals surface area (Å²) < 4.78 is 17.0. The van der Waals surface area contributed by atoms with E-state index in [1.54, 1.807) is 23.1 Å². The van der Waals surface area contributed by atoms with Crippen molar-refractivity contribution in [3.05, 3.63) is 64.7 Å². The number of ether oxygens (including phenoxy) is 3. The number of aryl methyl sites for hydroxylation is 1. The molecule has 0 spiro atoms. The first kappa shape index (κ1) is 29.6. The summed E-state index contributed by atoms with van der Waals surface area (Å²) in [4.78, 5) is 30.7. The minimum atomic E-state index is -0.689. The van der Waals surface area contributed by atoms with Crippen LogP contribution in [0.25, 0.3) is 5.76 Å². The molecule has 2 aliphatic rings. The normalized spacial score (nSPS) is 19.3. The summed E-state index contributed by atoms with van der Waals surface area (Å²) in [5.41, 5.74) is 2.19. The third kappa shape index (κ3) is 7.04. The highest BCUT2D eigenvalue weighted by Crippen LogP contribution is 2.40. The molecule has 2 saturated heterocycles. The van der Waals surface area contributed by atoms with Crippen LogP contribution in [0.5, 0.6) is 11.5 Å². The quantitative estimate of drug-likeness (QED) is 0.161. The van der Waals surface area contributed by atoms with E-state index in [2.05, 4.69) is 11.8 Å². The smallest absolute Gasteiger partial charge is 0.295 e. The van der Waals surface area contributed by atoms with E-state index >= 15 is 0 Å². The van der Waals surface area contributed by atoms with Gasteiger partial charge in [-0.25, -0.2) is 0 Å². The van der Waals surface area contributed by atoms with Gasteiger partial charge in [0.25, 0.3) is 11.7 Å². The van der Waals surface area contributed by atoms with Crippen LogP contribution in [-0.2, 0) is 14.3 Å². The van der Waals surface area contributed by atoms with E-state index < -0.39 is 17.7 Å². The lowest BCUT2D eigenvalue weighted by Gasteiger charge is -2.29. The lowest BCUT2D eigenvalue weighted by molar-refractivity contribution is -0.140. The number of benzene rings is 2. The van der Waals surface area contributed by atoms with E-state index in [1.165, 1.54) is 0 Å². The van der Waals surface area contributed by atoms with Crippen LogP contribution in [0.4, 0.5) is 0 Å². The Balaban J connectivity index is 1.63. The number of unbranched alkanes of at least 4 members (excludes halogenated alkanes) is 2. The van der Waals surface area contributed by atoms with Crippen LogP contribution in [0.15, 0.2) is 48.0 Å². The van der Waals surface area contributed by atoms with Crippen molar-refractivity contribution in [2.24, 2.45) is 0 Å². The predicted octanol–water partition coefficient (Wildman–Crippen LogP) is 5.11. The number of aliphatic hydroxyl groups excluding tert-OH is 1. The fraction of sp³-hybridized carbons (Fsp3) is 0.500. The Morgan fingerprint density at radius 2 is 1.73 bits per heavy atom. The number of aliphatic hydroxyl groups is 1. The number of morpholine rings is 1. The maximum atomic E-state index is 13.4. The summed E-state index contributed by atoms with van der Waals surface area (Å²) in [5, 5.41) is 11.4. The molecule has 0 saturated carbocycles. The SMILES string of the molecule is CCCCCOc1ccc(C2/C(=C(\O)c3ccc(OCC)c(C)c3)C(=O)C(=O)N2CCCN2CCOCC2)cc1. The lowest BCUT2D eigenvalue weighted by atomic mass is 9.94. The second-order valence-electron chi connectivity index (χ2n) is 10.3. The van der Waals surface area contributed by atoms with Gasteiger partial charge in [0.2, 0.25) is 0 Å². The van der Waals surface area contributed by atoms with Crippen molar-refractivity contribution in [3.63, 3.8) is 0 Å². The topological polar surface area (TPSA) is 88.5 Å². The molecule has 2 aromatic carbocycles. The van der Waals surface area contributed by atoms with Crippen LogP contribution in [0.1, 0.15) is 62.3 Å². The van der Waals surface area contributed by atoms with Crippen molar-refractivity contribution in [1.29, 1.82) is 0 Å². The highest BCUT2D eigenvalue weighted by Gasteiger charge is 2.45. The molecule has 2 fully saturated rings. The Kier molecular flexibility index (Phi) is 10.6. The molecular formula is C32H42N2O6. The number of ketones is 1. The van der Waals surface area contributed by atoms with Crippen LogP contribution in [0.3, 0.4) is 0 Å². The zero-order valence-electron chi connectivity index (χ0n) is 24.0. The largest absolute Gasteiger partial charge is 0.507 e. The van der Waals surface area contributed by atoms with E-state index in [1.807, 2.05) is 38.1 Å². The van der Waals surface area contributed by atoms with Gasteiger partial charge in [0.15, 0.2) is 0 Å². The molecule has 216 valence electrons. The van der Waals surface area contributed by atoms with Crippen LogP contribution < -0.4 is 9.47 Å². The first-order chi connectivity index (χ1) is 19.4. The van der Waals surface area contributed by atoms with Crippen LogP contribution in [-0.4, -0.2) is 79.2 Å². The summed E-state index contributed by atoms with van der Waals surface area (Å²) in [6.07, 6.45) is 3.94. The van der Waals surface area contributed by atoms with Gasteiger partial charge >= 0.3 is 0 Å². The summed E-state index contributed by atoms with van der Waals surface area (Å²) in [7, 11) is 0. The highest BCUT2D eigenvalue weighted by molar-refractivity contribution is 6.46. The van der Waals surface area contributed by atoms with Crippen molar-refractivity contribution in [1.82, 2.24) is 9.80 Å². The molecule has 1 atom stereocenters. The number of carbonyl (C=O) groups is 2. The zero-order valence-corrected chi connectivity index (χ0v) is 24.0. The van der Waals surface area contributed by atoms with E-state index in [0.29, 0.717) is 50.7 Å². The van der Waals surface area contributed by atoms with Gasteiger partial charge in [0.05, 0.1) is 38.0 Å². The third-order valence-corrected chi connectivity index (χ3v) is 7.48. The summed E-state index contributed by atoms with van der Waals surface area (Å²) in [6, 6.07) is 12.1. The average Bonchev–Trinajstić information content (AvgIpc) is 3.22. The molecule has 40 heavy (non-hydrogen) atoms. The molecule has 1 N–H and O–H groups in total. The van der Waals surface area contributed by atoms with Gasteiger partial charge in [-0.05, 0) is 68.1 Å². The number of nitrogens with zero attached hydrogens (tertiary/aromatic N) is 2. The van der Waals surface area contributed by atoms with Crippen molar-refractivity contribution < 1.29 is 28.9 Å². The Hall–Kier alpha value is -3.36. The van der Waals surface area contributed by atoms with E-state index in [9.17, 15) is 14.7 Å². The van der Waals surface area contributed by atoms with E-state index in [4.69, 9.17) is 14.2 Å². The van der Waals surface area contributed by atoms with Gasteiger partial charge in [0, 0.05) is 31.7 Å². The Morgan fingerprint density at radius 1 is 0.975 bits per heavy atom. The molecule has 2 aliphatic heterocycles. The van der Waals surface area contributed by atoms with Gasteiger partial charge in [0.1, 0.15) is 17.3 Å². The fourth-order valence-corrected chi connectivity index (χ4v) is 5.30. The Morgan fingerprint density at radius 3 is 2.40 bits per heavy atom. The molecule has 1 amide bonds. The molecule has 2 aromatic rings. The lowest BCUT2D eigenvalue weighted by Crippen LogP contribution is -2.38. The van der Waals surface area contributed by atoms with Crippen LogP contribution >= 0.6 is 0 Å². The molecule has 0 aromatic heterocycles. The predicted molar refractivity (Wildman–Crippen MR) is 155 cm³/mol. The standard InChI is InChI=1S/C32H42N2O6/c1-4-6-7-19-40-26-12-9-24(10-13-26)29-28(30(35)25-11-14-27(39-5-2)23(3)22-25)31(36)32(37)34(29)16-8-15-33-17-20-38-21-18-33/h9-14,22,29,35H,4-8,15-21H2,1-3H3/b30-28+. The van der Waals surface area contributed by atoms with Gasteiger partial charge in [-0.15, -0.1) is 0 Å². The van der Waals surface area contributed by atoms with Crippen molar-refractivity contribution in [2.45, 2.75) is 52.5 Å². The third-order valence-electron chi connectivity index (χ3n) is 7.48. The van der Waals surface area contributed by atoms with Gasteiger partial charge < -0.3 is 24.2 Å². The fourth-order valence-electron chi connectivity index (χ4n) is 5.30. The number of carbonyl (C=O) groups excluding carboxylic acids is 2. The van der Waals surface area contributed by atoms with Gasteiger partial charge in [-0.3, -0.25) is 14.5 Å². The number of rotatable bonds is 13. The van der Waals surface area contributed by atoms with Crippen LogP contribution in [0, 0.1) is 6.92 Å².